The van der Waals surface area contributed by atoms with Crippen molar-refractivity contribution in [2.45, 2.75) is 6.92 Å². The molecule has 0 fully saturated rings. The predicted octanol–water partition coefficient (Wildman–Crippen LogP) is -0.160. The van der Waals surface area contributed by atoms with Crippen molar-refractivity contribution in [3.63, 3.8) is 0 Å². The second kappa shape index (κ2) is 1.54. The number of aromatic nitrogens is 2. The topological polar surface area (TPSA) is 78.5 Å². The monoisotopic (exact) mass is 130 g/mol. The smallest absolute Gasteiger partial charge is 0.254 e. The number of rotatable bonds is 0. The van der Waals surface area contributed by atoms with Crippen LogP contribution >= 0.6 is 0 Å². The maximum atomic E-state index is 8.72. The lowest BCUT2D eigenvalue weighted by molar-refractivity contribution is 0.118. The summed E-state index contributed by atoms with van der Waals surface area (Å²) in [7, 11) is 0. The van der Waals surface area contributed by atoms with E-state index in [0.717, 1.165) is 0 Å². The van der Waals surface area contributed by atoms with Gasteiger partial charge in [0.25, 0.3) is 5.88 Å². The van der Waals surface area contributed by atoms with Crippen molar-refractivity contribution in [3.05, 3.63) is 5.56 Å². The van der Waals surface area contributed by atoms with E-state index in [-0.39, 0.29) is 16.3 Å². The summed E-state index contributed by atoms with van der Waals surface area (Å²) in [5, 5.41) is 29.0. The summed E-state index contributed by atoms with van der Waals surface area (Å²) in [6.07, 6.45) is 0. The van der Waals surface area contributed by atoms with E-state index >= 15 is 0 Å². The van der Waals surface area contributed by atoms with Crippen LogP contribution in [0.3, 0.4) is 0 Å². The van der Waals surface area contributed by atoms with Crippen molar-refractivity contribution in [1.82, 2.24) is 9.94 Å². The molecule has 0 aliphatic rings. The van der Waals surface area contributed by atoms with E-state index in [2.05, 4.69) is 5.10 Å². The Morgan fingerprint density at radius 2 is 2.00 bits per heavy atom. The Balaban J connectivity index is 3.29. The average Bonchev–Trinajstić information content (AvgIpc) is 1.98. The van der Waals surface area contributed by atoms with Crippen LogP contribution in [0.15, 0.2) is 0 Å². The zero-order valence-corrected chi connectivity index (χ0v) is 4.74. The number of aromatic hydroxyl groups is 2. The molecule has 1 aromatic heterocycles. The Morgan fingerprint density at radius 3 is 2.11 bits per heavy atom. The number of hydrogen-bond donors (Lipinski definition) is 3. The van der Waals surface area contributed by atoms with Crippen LogP contribution in [-0.2, 0) is 0 Å². The van der Waals surface area contributed by atoms with Crippen LogP contribution in [0.25, 0.3) is 0 Å². The van der Waals surface area contributed by atoms with Gasteiger partial charge >= 0.3 is 0 Å². The molecule has 1 aromatic rings. The van der Waals surface area contributed by atoms with Gasteiger partial charge in [-0.2, -0.15) is 0 Å². The van der Waals surface area contributed by atoms with Crippen molar-refractivity contribution in [2.24, 2.45) is 0 Å². The van der Waals surface area contributed by atoms with Crippen molar-refractivity contribution in [1.29, 1.82) is 0 Å². The Hall–Kier alpha value is -1.39. The Kier molecular flexibility index (Phi) is 0.985. The summed E-state index contributed by atoms with van der Waals surface area (Å²) in [6.45, 7) is 1.43. The summed E-state index contributed by atoms with van der Waals surface area (Å²) >= 11 is 0. The molecule has 0 aliphatic heterocycles. The van der Waals surface area contributed by atoms with E-state index in [0.29, 0.717) is 0 Å². The molecule has 0 amide bonds. The molecule has 3 N–H and O–H groups in total. The highest BCUT2D eigenvalue weighted by molar-refractivity contribution is 5.31. The fourth-order valence-corrected chi connectivity index (χ4v) is 0.462. The van der Waals surface area contributed by atoms with E-state index < -0.39 is 5.88 Å². The number of nitrogens with zero attached hydrogens (tertiary/aromatic N) is 2. The van der Waals surface area contributed by atoms with E-state index in [4.69, 9.17) is 15.4 Å². The van der Waals surface area contributed by atoms with Crippen molar-refractivity contribution < 1.29 is 15.4 Å². The van der Waals surface area contributed by atoms with Crippen molar-refractivity contribution in [2.75, 3.05) is 0 Å². The van der Waals surface area contributed by atoms with Gasteiger partial charge in [-0.25, -0.2) is 0 Å². The van der Waals surface area contributed by atoms with Crippen molar-refractivity contribution in [3.8, 4) is 11.8 Å². The first-order valence-corrected chi connectivity index (χ1v) is 2.29. The first-order valence-electron chi connectivity index (χ1n) is 2.29. The predicted molar refractivity (Wildman–Crippen MR) is 27.5 cm³/mol. The van der Waals surface area contributed by atoms with Crippen LogP contribution in [0.2, 0.25) is 0 Å². The fourth-order valence-electron chi connectivity index (χ4n) is 0.462. The molecule has 0 radical (unpaired) electrons. The Bertz CT molecular complexity index is 207. The molecule has 50 valence electrons. The number of hydrogen-bond acceptors (Lipinski definition) is 4. The highest BCUT2D eigenvalue weighted by atomic mass is 16.5. The maximum absolute atomic E-state index is 8.72. The summed E-state index contributed by atoms with van der Waals surface area (Å²) in [6, 6.07) is 0. The molecule has 0 atom stereocenters. The van der Waals surface area contributed by atoms with Gasteiger partial charge in [-0.3, -0.25) is 0 Å². The largest absolute Gasteiger partial charge is 0.492 e. The van der Waals surface area contributed by atoms with E-state index in [1.54, 1.807) is 0 Å². The zero-order valence-electron chi connectivity index (χ0n) is 4.74. The van der Waals surface area contributed by atoms with Gasteiger partial charge in [0, 0.05) is 0 Å². The maximum Gasteiger partial charge on any atom is 0.254 e. The quantitative estimate of drug-likeness (QED) is 0.426. The van der Waals surface area contributed by atoms with Gasteiger partial charge in [0.1, 0.15) is 0 Å². The lowest BCUT2D eigenvalue weighted by Gasteiger charge is -1.86. The molecule has 0 bridgehead atoms. The van der Waals surface area contributed by atoms with Crippen molar-refractivity contribution >= 4 is 0 Å². The highest BCUT2D eigenvalue weighted by Gasteiger charge is 2.09. The minimum atomic E-state index is -0.437. The van der Waals surface area contributed by atoms with Gasteiger partial charge in [-0.15, -0.1) is 0 Å². The molecule has 9 heavy (non-hydrogen) atoms. The van der Waals surface area contributed by atoms with Gasteiger partial charge in [-0.05, 0) is 6.92 Å². The summed E-state index contributed by atoms with van der Waals surface area (Å²) in [4.78, 5) is 0.213. The normalized spacial score (nSPS) is 9.89. The molecule has 0 spiro atoms. The SMILES string of the molecule is Cc1c(O)nn(O)c1O. The lowest BCUT2D eigenvalue weighted by atomic mass is 10.4. The standard InChI is InChI=1S/C4H6N2O3/c1-2-3(7)5-6(9)4(2)8/h8-9H,1H3,(H,5,7). The third-order valence-electron chi connectivity index (χ3n) is 1.05. The van der Waals surface area contributed by atoms with Crippen LogP contribution in [0.1, 0.15) is 5.56 Å². The lowest BCUT2D eigenvalue weighted by Crippen LogP contribution is -1.89. The summed E-state index contributed by atoms with van der Waals surface area (Å²) in [5.41, 5.74) is 0.164. The fraction of sp³-hybridized carbons (Fsp3) is 0.250. The van der Waals surface area contributed by atoms with Gasteiger partial charge < -0.3 is 15.4 Å². The second-order valence-electron chi connectivity index (χ2n) is 1.66. The minimum Gasteiger partial charge on any atom is -0.492 e. The van der Waals surface area contributed by atoms with E-state index in [9.17, 15) is 0 Å². The van der Waals surface area contributed by atoms with Gasteiger partial charge in [0.15, 0.2) is 0 Å². The molecule has 0 unspecified atom stereocenters. The molecule has 0 aliphatic carbocycles. The molecule has 0 saturated heterocycles. The van der Waals surface area contributed by atoms with E-state index in [1.165, 1.54) is 6.92 Å². The molecule has 5 heteroatoms. The first kappa shape index (κ1) is 5.74. The second-order valence-corrected chi connectivity index (χ2v) is 1.66. The summed E-state index contributed by atoms with van der Waals surface area (Å²) < 4.78 is 0. The molecule has 1 heterocycles. The molecule has 1 rings (SSSR count). The van der Waals surface area contributed by atoms with E-state index in [1.807, 2.05) is 0 Å². The third kappa shape index (κ3) is 0.658. The molecular weight excluding hydrogens is 124 g/mol. The average molecular weight is 130 g/mol. The zero-order chi connectivity index (χ0) is 7.02. The Labute approximate surface area is 50.7 Å². The Morgan fingerprint density at radius 1 is 1.44 bits per heavy atom. The van der Waals surface area contributed by atoms with Crippen LogP contribution in [-0.4, -0.2) is 25.4 Å². The van der Waals surface area contributed by atoms with Crippen LogP contribution in [0.4, 0.5) is 0 Å². The minimum absolute atomic E-state index is 0.164. The van der Waals surface area contributed by atoms with Gasteiger partial charge in [-0.1, -0.05) is 9.94 Å². The third-order valence-corrected chi connectivity index (χ3v) is 1.05. The van der Waals surface area contributed by atoms with Gasteiger partial charge in [0.05, 0.1) is 5.56 Å². The molecule has 0 aromatic carbocycles. The highest BCUT2D eigenvalue weighted by Crippen LogP contribution is 2.22. The molecule has 5 nitrogen and oxygen atoms in total. The van der Waals surface area contributed by atoms with Crippen LogP contribution < -0.4 is 0 Å². The van der Waals surface area contributed by atoms with Gasteiger partial charge in [0.2, 0.25) is 5.88 Å². The van der Waals surface area contributed by atoms with Crippen LogP contribution in [0, 0.1) is 6.92 Å². The van der Waals surface area contributed by atoms with Crippen LogP contribution in [0.5, 0.6) is 11.8 Å². The summed E-state index contributed by atoms with van der Waals surface area (Å²) in [5.74, 6) is -0.803. The molecule has 0 saturated carbocycles. The molecular formula is C4H6N2O3. The first-order chi connectivity index (χ1) is 4.13.